The molecule has 0 radical (unpaired) electrons. The van der Waals surface area contributed by atoms with Crippen LogP contribution in [-0.4, -0.2) is 12.5 Å². The number of halogens is 3. The predicted octanol–water partition coefficient (Wildman–Crippen LogP) is 4.58. The van der Waals surface area contributed by atoms with Crippen LogP contribution in [0, 0.1) is 0 Å². The van der Waals surface area contributed by atoms with Gasteiger partial charge in [0.2, 0.25) is 5.91 Å². The van der Waals surface area contributed by atoms with E-state index in [9.17, 15) is 4.79 Å². The molecule has 22 heavy (non-hydrogen) atoms. The molecule has 1 amide bonds. The molecule has 1 aliphatic heterocycles. The number of ether oxygens (including phenoxy) is 1. The van der Waals surface area contributed by atoms with Gasteiger partial charge in [-0.2, -0.15) is 0 Å². The SMILES string of the molecule is O=C1CO[C@H](c2cc(Cl)cc(Cl)c2)[C@@H](c2ccc(Cl)cc2)N1. The fraction of sp³-hybridized carbons (Fsp3) is 0.188. The van der Waals surface area contributed by atoms with Crippen LogP contribution in [-0.2, 0) is 9.53 Å². The molecule has 0 spiro atoms. The molecule has 3 nitrogen and oxygen atoms in total. The zero-order chi connectivity index (χ0) is 15.7. The monoisotopic (exact) mass is 355 g/mol. The van der Waals surface area contributed by atoms with Gasteiger partial charge in [0.15, 0.2) is 0 Å². The number of amides is 1. The largest absolute Gasteiger partial charge is 0.361 e. The molecule has 1 aliphatic rings. The van der Waals surface area contributed by atoms with Gasteiger partial charge >= 0.3 is 0 Å². The second kappa shape index (κ2) is 6.47. The summed E-state index contributed by atoms with van der Waals surface area (Å²) in [5.74, 6) is -0.163. The molecule has 6 heteroatoms. The van der Waals surface area contributed by atoms with Gasteiger partial charge < -0.3 is 10.1 Å². The Morgan fingerprint density at radius 2 is 1.55 bits per heavy atom. The summed E-state index contributed by atoms with van der Waals surface area (Å²) in [6.45, 7) is -0.00110. The van der Waals surface area contributed by atoms with E-state index in [0.717, 1.165) is 11.1 Å². The molecular weight excluding hydrogens is 345 g/mol. The second-order valence-corrected chi connectivity index (χ2v) is 6.34. The van der Waals surface area contributed by atoms with Crippen molar-refractivity contribution in [2.24, 2.45) is 0 Å². The van der Waals surface area contributed by atoms with Crippen LogP contribution < -0.4 is 5.32 Å². The first kappa shape index (κ1) is 15.6. The molecule has 2 atom stereocenters. The van der Waals surface area contributed by atoms with Crippen LogP contribution in [0.4, 0.5) is 0 Å². The van der Waals surface area contributed by atoms with Crippen LogP contribution in [0.25, 0.3) is 0 Å². The Labute approximate surface area is 143 Å². The molecule has 1 fully saturated rings. The van der Waals surface area contributed by atoms with Crippen LogP contribution in [0.15, 0.2) is 42.5 Å². The number of hydrogen-bond acceptors (Lipinski definition) is 2. The molecular formula is C16H12Cl3NO2. The van der Waals surface area contributed by atoms with E-state index in [1.165, 1.54) is 0 Å². The highest BCUT2D eigenvalue weighted by Gasteiger charge is 2.32. The van der Waals surface area contributed by atoms with E-state index >= 15 is 0 Å². The van der Waals surface area contributed by atoms with Crippen LogP contribution in [0.5, 0.6) is 0 Å². The number of morpholine rings is 1. The maximum absolute atomic E-state index is 11.7. The average Bonchev–Trinajstić information content (AvgIpc) is 2.47. The van der Waals surface area contributed by atoms with Gasteiger partial charge in [-0.25, -0.2) is 0 Å². The second-order valence-electron chi connectivity index (χ2n) is 5.03. The molecule has 1 N–H and O–H groups in total. The third-order valence-corrected chi connectivity index (χ3v) is 4.14. The topological polar surface area (TPSA) is 38.3 Å². The molecule has 2 aromatic rings. The van der Waals surface area contributed by atoms with Gasteiger partial charge in [0, 0.05) is 15.1 Å². The highest BCUT2D eigenvalue weighted by molar-refractivity contribution is 6.34. The minimum absolute atomic E-state index is 0.00110. The van der Waals surface area contributed by atoms with E-state index in [1.54, 1.807) is 30.3 Å². The normalized spacial score (nSPS) is 21.5. The number of carbonyl (C=O) groups is 1. The maximum atomic E-state index is 11.7. The molecule has 2 aromatic carbocycles. The molecule has 3 rings (SSSR count). The minimum Gasteiger partial charge on any atom is -0.361 e. The Kier molecular flexibility index (Phi) is 4.59. The van der Waals surface area contributed by atoms with E-state index in [1.807, 2.05) is 12.1 Å². The first-order chi connectivity index (χ1) is 10.5. The van der Waals surface area contributed by atoms with Crippen molar-refractivity contribution in [3.8, 4) is 0 Å². The van der Waals surface area contributed by atoms with Gasteiger partial charge in [0.25, 0.3) is 0 Å². The Morgan fingerprint density at radius 3 is 2.18 bits per heavy atom. The summed E-state index contributed by atoms with van der Waals surface area (Å²) in [7, 11) is 0. The Hall–Kier alpha value is -1.26. The third kappa shape index (κ3) is 3.39. The molecule has 0 aromatic heterocycles. The number of rotatable bonds is 2. The lowest BCUT2D eigenvalue weighted by Crippen LogP contribution is -2.41. The molecule has 0 aliphatic carbocycles. The maximum Gasteiger partial charge on any atom is 0.246 e. The molecule has 0 unspecified atom stereocenters. The Bertz CT molecular complexity index is 683. The van der Waals surface area contributed by atoms with Gasteiger partial charge in [-0.15, -0.1) is 0 Å². The van der Waals surface area contributed by atoms with Gasteiger partial charge in [0.1, 0.15) is 12.7 Å². The van der Waals surface area contributed by atoms with E-state index in [-0.39, 0.29) is 24.7 Å². The number of nitrogens with one attached hydrogen (secondary N) is 1. The van der Waals surface area contributed by atoms with Gasteiger partial charge in [-0.05, 0) is 41.5 Å². The predicted molar refractivity (Wildman–Crippen MR) is 87.5 cm³/mol. The lowest BCUT2D eigenvalue weighted by molar-refractivity contribution is -0.137. The van der Waals surface area contributed by atoms with E-state index in [0.29, 0.717) is 15.1 Å². The van der Waals surface area contributed by atoms with Crippen molar-refractivity contribution in [2.45, 2.75) is 12.1 Å². The van der Waals surface area contributed by atoms with Crippen molar-refractivity contribution >= 4 is 40.7 Å². The zero-order valence-electron chi connectivity index (χ0n) is 11.4. The molecule has 114 valence electrons. The summed E-state index contributed by atoms with van der Waals surface area (Å²) in [4.78, 5) is 11.7. The molecule has 0 bridgehead atoms. The van der Waals surface area contributed by atoms with Crippen molar-refractivity contribution in [3.05, 3.63) is 68.7 Å². The first-order valence-corrected chi connectivity index (χ1v) is 7.79. The lowest BCUT2D eigenvalue weighted by atomic mass is 9.94. The summed E-state index contributed by atoms with van der Waals surface area (Å²) < 4.78 is 5.72. The number of carbonyl (C=O) groups excluding carboxylic acids is 1. The molecule has 1 heterocycles. The van der Waals surface area contributed by atoms with Crippen LogP contribution >= 0.6 is 34.8 Å². The van der Waals surface area contributed by atoms with Crippen molar-refractivity contribution in [3.63, 3.8) is 0 Å². The van der Waals surface area contributed by atoms with Gasteiger partial charge in [0.05, 0.1) is 6.04 Å². The van der Waals surface area contributed by atoms with Crippen LogP contribution in [0.3, 0.4) is 0 Å². The van der Waals surface area contributed by atoms with E-state index < -0.39 is 0 Å². The van der Waals surface area contributed by atoms with Gasteiger partial charge in [-0.1, -0.05) is 46.9 Å². The van der Waals surface area contributed by atoms with Crippen molar-refractivity contribution in [1.29, 1.82) is 0 Å². The Morgan fingerprint density at radius 1 is 0.909 bits per heavy atom. The smallest absolute Gasteiger partial charge is 0.246 e. The Balaban J connectivity index is 1.99. The van der Waals surface area contributed by atoms with Gasteiger partial charge in [-0.3, -0.25) is 4.79 Å². The lowest BCUT2D eigenvalue weighted by Gasteiger charge is -2.33. The van der Waals surface area contributed by atoms with Crippen molar-refractivity contribution in [2.75, 3.05) is 6.61 Å². The van der Waals surface area contributed by atoms with Crippen LogP contribution in [0.2, 0.25) is 15.1 Å². The fourth-order valence-electron chi connectivity index (χ4n) is 2.51. The standard InChI is InChI=1S/C16H12Cl3NO2/c17-11-3-1-9(2-4-11)15-16(22-8-14(21)20-15)10-5-12(18)7-13(19)6-10/h1-7,15-16H,8H2,(H,20,21)/t15-,16-/m1/s1. The minimum atomic E-state index is -0.366. The summed E-state index contributed by atoms with van der Waals surface area (Å²) in [6.07, 6.45) is -0.366. The third-order valence-electron chi connectivity index (χ3n) is 3.46. The summed E-state index contributed by atoms with van der Waals surface area (Å²) >= 11 is 18.1. The number of benzene rings is 2. The fourth-order valence-corrected chi connectivity index (χ4v) is 3.18. The molecule has 0 saturated carbocycles. The first-order valence-electron chi connectivity index (χ1n) is 6.65. The van der Waals surface area contributed by atoms with Crippen molar-refractivity contribution < 1.29 is 9.53 Å². The quantitative estimate of drug-likeness (QED) is 0.855. The highest BCUT2D eigenvalue weighted by atomic mass is 35.5. The van der Waals surface area contributed by atoms with E-state index in [4.69, 9.17) is 39.5 Å². The zero-order valence-corrected chi connectivity index (χ0v) is 13.6. The summed E-state index contributed by atoms with van der Waals surface area (Å²) in [5, 5.41) is 4.63. The van der Waals surface area contributed by atoms with Crippen molar-refractivity contribution in [1.82, 2.24) is 5.32 Å². The molecule has 1 saturated heterocycles. The summed E-state index contributed by atoms with van der Waals surface area (Å²) in [5.41, 5.74) is 1.72. The summed E-state index contributed by atoms with van der Waals surface area (Å²) in [6, 6.07) is 12.2. The van der Waals surface area contributed by atoms with Crippen LogP contribution in [0.1, 0.15) is 23.3 Å². The van der Waals surface area contributed by atoms with E-state index in [2.05, 4.69) is 5.32 Å². The average molecular weight is 357 g/mol. The number of hydrogen-bond donors (Lipinski definition) is 1. The highest BCUT2D eigenvalue weighted by Crippen LogP contribution is 2.37.